The highest BCUT2D eigenvalue weighted by Gasteiger charge is 2.02. The molecular formula is C12H26O2. The normalized spacial score (nSPS) is 13.1. The molecule has 0 saturated heterocycles. The lowest BCUT2D eigenvalue weighted by atomic mass is 10.0. The second-order valence-corrected chi connectivity index (χ2v) is 4.08. The number of aliphatic hydroxyl groups is 2. The summed E-state index contributed by atoms with van der Waals surface area (Å²) >= 11 is 0. The van der Waals surface area contributed by atoms with Crippen molar-refractivity contribution < 1.29 is 10.2 Å². The number of hydrogen-bond acceptors (Lipinski definition) is 2. The van der Waals surface area contributed by atoms with Crippen molar-refractivity contribution in [2.24, 2.45) is 0 Å². The molecule has 0 aromatic rings. The summed E-state index contributed by atoms with van der Waals surface area (Å²) in [5, 5.41) is 18.2. The maximum absolute atomic E-state index is 9.59. The monoisotopic (exact) mass is 202 g/mol. The zero-order chi connectivity index (χ0) is 10.6. The molecule has 1 atom stereocenters. The maximum atomic E-state index is 9.59. The lowest BCUT2D eigenvalue weighted by Gasteiger charge is -2.09. The molecule has 0 rings (SSSR count). The van der Waals surface area contributed by atoms with Crippen LogP contribution in [0, 0.1) is 0 Å². The summed E-state index contributed by atoms with van der Waals surface area (Å²) in [4.78, 5) is 0. The van der Waals surface area contributed by atoms with Gasteiger partial charge in [0, 0.05) is 6.61 Å². The van der Waals surface area contributed by atoms with E-state index in [-0.39, 0.29) is 12.7 Å². The average Bonchev–Trinajstić information content (AvgIpc) is 2.19. The predicted molar refractivity (Wildman–Crippen MR) is 60.3 cm³/mol. The van der Waals surface area contributed by atoms with Crippen LogP contribution in [0.2, 0.25) is 0 Å². The van der Waals surface area contributed by atoms with Gasteiger partial charge in [0.2, 0.25) is 0 Å². The first-order chi connectivity index (χ1) is 6.81. The molecule has 0 saturated carbocycles. The molecule has 86 valence electrons. The smallest absolute Gasteiger partial charge is 0.0540 e. The largest absolute Gasteiger partial charge is 0.396 e. The van der Waals surface area contributed by atoms with E-state index in [2.05, 4.69) is 6.92 Å². The van der Waals surface area contributed by atoms with Gasteiger partial charge in [-0.25, -0.2) is 0 Å². The van der Waals surface area contributed by atoms with Crippen LogP contribution in [0.1, 0.15) is 64.7 Å². The molecular weight excluding hydrogens is 176 g/mol. The first-order valence-electron chi connectivity index (χ1n) is 6.10. The van der Waals surface area contributed by atoms with Gasteiger partial charge in [-0.3, -0.25) is 0 Å². The first-order valence-corrected chi connectivity index (χ1v) is 6.10. The van der Waals surface area contributed by atoms with Gasteiger partial charge in [-0.05, 0) is 19.3 Å². The Balaban J connectivity index is 3.07. The number of hydrogen-bond donors (Lipinski definition) is 2. The minimum absolute atomic E-state index is 0.106. The summed E-state index contributed by atoms with van der Waals surface area (Å²) in [5.74, 6) is 0. The fourth-order valence-electron chi connectivity index (χ4n) is 1.62. The van der Waals surface area contributed by atoms with Crippen molar-refractivity contribution in [1.29, 1.82) is 0 Å². The topological polar surface area (TPSA) is 40.5 Å². The third-order valence-electron chi connectivity index (χ3n) is 2.59. The summed E-state index contributed by atoms with van der Waals surface area (Å²) in [6, 6.07) is 0. The predicted octanol–water partition coefficient (Wildman–Crippen LogP) is 2.87. The Hall–Kier alpha value is -0.0800. The molecule has 0 spiro atoms. The summed E-state index contributed by atoms with van der Waals surface area (Å²) in [6.07, 6.45) is 9.69. The van der Waals surface area contributed by atoms with Gasteiger partial charge in [-0.1, -0.05) is 45.4 Å². The zero-order valence-electron chi connectivity index (χ0n) is 9.54. The summed E-state index contributed by atoms with van der Waals surface area (Å²) in [6.45, 7) is 2.48. The third-order valence-corrected chi connectivity index (χ3v) is 2.59. The second-order valence-electron chi connectivity index (χ2n) is 4.08. The van der Waals surface area contributed by atoms with Crippen molar-refractivity contribution in [3.63, 3.8) is 0 Å². The van der Waals surface area contributed by atoms with Crippen molar-refractivity contribution in [2.75, 3.05) is 6.61 Å². The van der Waals surface area contributed by atoms with Crippen molar-refractivity contribution in [1.82, 2.24) is 0 Å². The number of aliphatic hydroxyl groups excluding tert-OH is 2. The first kappa shape index (κ1) is 13.9. The van der Waals surface area contributed by atoms with Crippen LogP contribution in [-0.4, -0.2) is 22.9 Å². The molecule has 0 fully saturated rings. The molecule has 0 aliphatic rings. The van der Waals surface area contributed by atoms with E-state index in [1.54, 1.807) is 0 Å². The molecule has 14 heavy (non-hydrogen) atoms. The maximum Gasteiger partial charge on any atom is 0.0540 e. The SMILES string of the molecule is CCCCCCC(O)CCCCCO. The molecule has 0 bridgehead atoms. The Labute approximate surface area is 88.3 Å². The van der Waals surface area contributed by atoms with Gasteiger partial charge in [0.15, 0.2) is 0 Å². The van der Waals surface area contributed by atoms with Crippen molar-refractivity contribution in [3.8, 4) is 0 Å². The van der Waals surface area contributed by atoms with Gasteiger partial charge in [0.25, 0.3) is 0 Å². The summed E-state index contributed by atoms with van der Waals surface area (Å²) < 4.78 is 0. The van der Waals surface area contributed by atoms with Gasteiger partial charge in [-0.15, -0.1) is 0 Å². The van der Waals surface area contributed by atoms with E-state index in [1.807, 2.05) is 0 Å². The molecule has 0 radical (unpaired) electrons. The molecule has 0 aromatic heterocycles. The van der Waals surface area contributed by atoms with Crippen molar-refractivity contribution in [2.45, 2.75) is 70.8 Å². The highest BCUT2D eigenvalue weighted by molar-refractivity contribution is 4.56. The standard InChI is InChI=1S/C12H26O2/c1-2-3-4-6-9-12(14)10-7-5-8-11-13/h12-14H,2-11H2,1H3. The van der Waals surface area contributed by atoms with E-state index >= 15 is 0 Å². The molecule has 1 unspecified atom stereocenters. The Bertz CT molecular complexity index is 92.5. The van der Waals surface area contributed by atoms with Crippen LogP contribution in [0.3, 0.4) is 0 Å². The molecule has 0 aliphatic carbocycles. The highest BCUT2D eigenvalue weighted by Crippen LogP contribution is 2.11. The quantitative estimate of drug-likeness (QED) is 0.535. The number of rotatable bonds is 10. The second kappa shape index (κ2) is 11.0. The lowest BCUT2D eigenvalue weighted by molar-refractivity contribution is 0.146. The van der Waals surface area contributed by atoms with E-state index in [0.29, 0.717) is 0 Å². The summed E-state index contributed by atoms with van der Waals surface area (Å²) in [5.41, 5.74) is 0. The van der Waals surface area contributed by atoms with Crippen molar-refractivity contribution >= 4 is 0 Å². The fourth-order valence-corrected chi connectivity index (χ4v) is 1.62. The van der Waals surface area contributed by atoms with Crippen LogP contribution in [0.25, 0.3) is 0 Å². The molecule has 2 nitrogen and oxygen atoms in total. The Morgan fingerprint density at radius 1 is 0.857 bits per heavy atom. The van der Waals surface area contributed by atoms with E-state index in [4.69, 9.17) is 5.11 Å². The summed E-state index contributed by atoms with van der Waals surface area (Å²) in [7, 11) is 0. The lowest BCUT2D eigenvalue weighted by Crippen LogP contribution is -2.06. The van der Waals surface area contributed by atoms with Crippen LogP contribution in [0.5, 0.6) is 0 Å². The van der Waals surface area contributed by atoms with E-state index in [9.17, 15) is 5.11 Å². The van der Waals surface area contributed by atoms with Crippen LogP contribution in [0.4, 0.5) is 0 Å². The van der Waals surface area contributed by atoms with Gasteiger partial charge in [0.05, 0.1) is 6.10 Å². The van der Waals surface area contributed by atoms with Crippen LogP contribution in [0.15, 0.2) is 0 Å². The van der Waals surface area contributed by atoms with Gasteiger partial charge >= 0.3 is 0 Å². The zero-order valence-corrected chi connectivity index (χ0v) is 9.54. The average molecular weight is 202 g/mol. The van der Waals surface area contributed by atoms with Crippen molar-refractivity contribution in [3.05, 3.63) is 0 Å². The van der Waals surface area contributed by atoms with Crippen LogP contribution >= 0.6 is 0 Å². The minimum atomic E-state index is -0.106. The number of unbranched alkanes of at least 4 members (excludes halogenated alkanes) is 5. The molecule has 0 aromatic carbocycles. The molecule has 2 N–H and O–H groups in total. The van der Waals surface area contributed by atoms with Gasteiger partial charge < -0.3 is 10.2 Å². The molecule has 0 heterocycles. The minimum Gasteiger partial charge on any atom is -0.396 e. The molecule has 2 heteroatoms. The van der Waals surface area contributed by atoms with E-state index in [0.717, 1.165) is 38.5 Å². The fraction of sp³-hybridized carbons (Fsp3) is 1.00. The Morgan fingerprint density at radius 3 is 1.93 bits per heavy atom. The molecule has 0 aliphatic heterocycles. The third kappa shape index (κ3) is 10.0. The van der Waals surface area contributed by atoms with E-state index in [1.165, 1.54) is 19.3 Å². The van der Waals surface area contributed by atoms with Gasteiger partial charge in [-0.2, -0.15) is 0 Å². The van der Waals surface area contributed by atoms with Crippen LogP contribution < -0.4 is 0 Å². The van der Waals surface area contributed by atoms with Crippen LogP contribution in [-0.2, 0) is 0 Å². The highest BCUT2D eigenvalue weighted by atomic mass is 16.3. The van der Waals surface area contributed by atoms with E-state index < -0.39 is 0 Å². The Kier molecular flexibility index (Phi) is 10.9. The Morgan fingerprint density at radius 2 is 1.43 bits per heavy atom. The van der Waals surface area contributed by atoms with Gasteiger partial charge in [0.1, 0.15) is 0 Å². The molecule has 0 amide bonds.